The van der Waals surface area contributed by atoms with Crippen LogP contribution in [-0.4, -0.2) is 42.5 Å². The first-order chi connectivity index (χ1) is 8.67. The molecule has 2 N–H and O–H groups in total. The van der Waals surface area contributed by atoms with Crippen molar-refractivity contribution in [3.8, 4) is 0 Å². The van der Waals surface area contributed by atoms with Gasteiger partial charge in [0.15, 0.2) is 0 Å². The summed E-state index contributed by atoms with van der Waals surface area (Å²) in [6, 6.07) is 0.0192. The molecule has 1 atom stereocenters. The van der Waals surface area contributed by atoms with Crippen molar-refractivity contribution in [2.75, 3.05) is 19.6 Å². The van der Waals surface area contributed by atoms with Crippen LogP contribution < -0.4 is 10.6 Å². The number of nitrogens with one attached hydrogen (secondary N) is 2. The molecule has 3 amide bonds. The van der Waals surface area contributed by atoms with Gasteiger partial charge in [0.1, 0.15) is 0 Å². The van der Waals surface area contributed by atoms with Crippen LogP contribution >= 0.6 is 0 Å². The molecule has 0 aromatic heterocycles. The summed E-state index contributed by atoms with van der Waals surface area (Å²) >= 11 is 0. The Kier molecular flexibility index (Phi) is 6.43. The molecule has 102 valence electrons. The molecule has 1 heterocycles. The first kappa shape index (κ1) is 14.7. The largest absolute Gasteiger partial charge is 0.334 e. The number of piperidine rings is 1. The van der Waals surface area contributed by atoms with Crippen molar-refractivity contribution in [1.82, 2.24) is 15.5 Å². The summed E-state index contributed by atoms with van der Waals surface area (Å²) in [6.07, 6.45) is 6.13. The molecule has 0 radical (unpaired) electrons. The maximum absolute atomic E-state index is 11.7. The third-order valence-electron chi connectivity index (χ3n) is 3.23. The third-order valence-corrected chi connectivity index (χ3v) is 3.23. The Morgan fingerprint density at radius 1 is 1.44 bits per heavy atom. The van der Waals surface area contributed by atoms with Gasteiger partial charge in [-0.25, -0.2) is 4.79 Å². The highest BCUT2D eigenvalue weighted by molar-refractivity contribution is 5.95. The fourth-order valence-electron chi connectivity index (χ4n) is 2.29. The van der Waals surface area contributed by atoms with Gasteiger partial charge in [-0.05, 0) is 25.8 Å². The zero-order chi connectivity index (χ0) is 13.4. The molecule has 0 aromatic carbocycles. The Hall–Kier alpha value is -1.36. The van der Waals surface area contributed by atoms with E-state index < -0.39 is 6.03 Å². The van der Waals surface area contributed by atoms with Crippen LogP contribution in [0, 0.1) is 0 Å². The summed E-state index contributed by atoms with van der Waals surface area (Å²) in [5.74, 6) is -0.239. The minimum atomic E-state index is -0.454. The maximum Gasteiger partial charge on any atom is 0.321 e. The van der Waals surface area contributed by atoms with Crippen LogP contribution in [0.4, 0.5) is 4.79 Å². The maximum atomic E-state index is 11.7. The quantitative estimate of drug-likeness (QED) is 0.725. The van der Waals surface area contributed by atoms with E-state index in [0.29, 0.717) is 19.1 Å². The first-order valence-corrected chi connectivity index (χ1v) is 6.60. The Morgan fingerprint density at radius 2 is 2.22 bits per heavy atom. The van der Waals surface area contributed by atoms with Crippen LogP contribution in [0.1, 0.15) is 32.6 Å². The highest BCUT2D eigenvalue weighted by Crippen LogP contribution is 2.18. The van der Waals surface area contributed by atoms with Crippen molar-refractivity contribution in [3.63, 3.8) is 0 Å². The molecule has 1 saturated heterocycles. The van der Waals surface area contributed by atoms with E-state index >= 15 is 0 Å². The Bertz CT molecular complexity index is 305. The lowest BCUT2D eigenvalue weighted by atomic mass is 10.0. The molecule has 1 fully saturated rings. The summed E-state index contributed by atoms with van der Waals surface area (Å²) in [6.45, 7) is 7.24. The Labute approximate surface area is 109 Å². The average molecular weight is 253 g/mol. The molecule has 0 bridgehead atoms. The van der Waals surface area contributed by atoms with E-state index in [2.05, 4.69) is 29.0 Å². The molecule has 18 heavy (non-hydrogen) atoms. The lowest BCUT2D eigenvalue weighted by Gasteiger charge is -2.34. The van der Waals surface area contributed by atoms with Gasteiger partial charge in [0.2, 0.25) is 5.91 Å². The molecule has 1 rings (SSSR count). The predicted octanol–water partition coefficient (Wildman–Crippen LogP) is 1.26. The van der Waals surface area contributed by atoms with Gasteiger partial charge in [-0.15, -0.1) is 6.58 Å². The number of hydrogen-bond acceptors (Lipinski definition) is 3. The van der Waals surface area contributed by atoms with E-state index in [0.717, 1.165) is 25.8 Å². The number of carbonyl (C=O) groups is 2. The van der Waals surface area contributed by atoms with Crippen molar-refractivity contribution < 1.29 is 9.59 Å². The van der Waals surface area contributed by atoms with Gasteiger partial charge in [-0.1, -0.05) is 19.4 Å². The molecular formula is C13H23N3O2. The monoisotopic (exact) mass is 253 g/mol. The first-order valence-electron chi connectivity index (χ1n) is 6.60. The van der Waals surface area contributed by atoms with Gasteiger partial charge in [-0.2, -0.15) is 0 Å². The molecule has 0 spiro atoms. The minimum absolute atomic E-state index is 0.239. The topological polar surface area (TPSA) is 61.4 Å². The van der Waals surface area contributed by atoms with Crippen LogP contribution in [-0.2, 0) is 4.79 Å². The van der Waals surface area contributed by atoms with E-state index in [1.165, 1.54) is 6.42 Å². The lowest BCUT2D eigenvalue weighted by molar-refractivity contribution is -0.122. The van der Waals surface area contributed by atoms with Gasteiger partial charge < -0.3 is 5.32 Å². The van der Waals surface area contributed by atoms with Gasteiger partial charge in [0, 0.05) is 12.6 Å². The number of hydrogen-bond donors (Lipinski definition) is 2. The number of rotatable bonds is 5. The second-order valence-electron chi connectivity index (χ2n) is 4.58. The Balaban J connectivity index is 2.33. The highest BCUT2D eigenvalue weighted by atomic mass is 16.2. The van der Waals surface area contributed by atoms with Gasteiger partial charge in [0.25, 0.3) is 0 Å². The summed E-state index contributed by atoms with van der Waals surface area (Å²) in [4.78, 5) is 25.2. The molecule has 5 heteroatoms. The molecule has 5 nitrogen and oxygen atoms in total. The highest BCUT2D eigenvalue weighted by Gasteiger charge is 2.23. The van der Waals surface area contributed by atoms with Gasteiger partial charge in [-0.3, -0.25) is 15.0 Å². The van der Waals surface area contributed by atoms with Gasteiger partial charge >= 0.3 is 6.03 Å². The van der Waals surface area contributed by atoms with E-state index in [1.54, 1.807) is 6.08 Å². The summed E-state index contributed by atoms with van der Waals surface area (Å²) in [7, 11) is 0. The van der Waals surface area contributed by atoms with Crippen molar-refractivity contribution in [2.45, 2.75) is 38.6 Å². The fourth-order valence-corrected chi connectivity index (χ4v) is 2.29. The molecular weight excluding hydrogens is 230 g/mol. The number of amides is 3. The number of urea groups is 1. The van der Waals surface area contributed by atoms with Crippen LogP contribution in [0.15, 0.2) is 12.7 Å². The summed E-state index contributed by atoms with van der Waals surface area (Å²) < 4.78 is 0. The van der Waals surface area contributed by atoms with E-state index in [-0.39, 0.29) is 5.91 Å². The number of carbonyl (C=O) groups excluding carboxylic acids is 2. The smallest absolute Gasteiger partial charge is 0.321 e. The molecule has 0 saturated carbocycles. The lowest BCUT2D eigenvalue weighted by Crippen LogP contribution is -2.48. The van der Waals surface area contributed by atoms with Crippen molar-refractivity contribution >= 4 is 11.9 Å². The zero-order valence-corrected chi connectivity index (χ0v) is 11.1. The fraction of sp³-hybridized carbons (Fsp3) is 0.692. The molecule has 0 aliphatic carbocycles. The zero-order valence-electron chi connectivity index (χ0n) is 11.1. The SMILES string of the molecule is C=CCNC(=O)NC(=O)CN1CCCCC1CC. The molecule has 0 aromatic rings. The second-order valence-corrected chi connectivity index (χ2v) is 4.58. The van der Waals surface area contributed by atoms with Crippen LogP contribution in [0.25, 0.3) is 0 Å². The second kappa shape index (κ2) is 7.87. The molecule has 1 unspecified atom stereocenters. The van der Waals surface area contributed by atoms with E-state index in [1.807, 2.05) is 0 Å². The van der Waals surface area contributed by atoms with E-state index in [4.69, 9.17) is 0 Å². The number of imide groups is 1. The van der Waals surface area contributed by atoms with Crippen LogP contribution in [0.3, 0.4) is 0 Å². The molecule has 1 aliphatic rings. The van der Waals surface area contributed by atoms with E-state index in [9.17, 15) is 9.59 Å². The normalized spacial score (nSPS) is 20.2. The standard InChI is InChI=1S/C13H23N3O2/c1-3-8-14-13(18)15-12(17)10-16-9-6-5-7-11(16)4-2/h3,11H,1,4-10H2,2H3,(H2,14,15,17,18). The average Bonchev–Trinajstić information content (AvgIpc) is 2.36. The predicted molar refractivity (Wildman–Crippen MR) is 71.2 cm³/mol. The summed E-state index contributed by atoms with van der Waals surface area (Å²) in [5, 5.41) is 4.85. The Morgan fingerprint density at radius 3 is 2.89 bits per heavy atom. The van der Waals surface area contributed by atoms with Gasteiger partial charge in [0.05, 0.1) is 6.54 Å². The minimum Gasteiger partial charge on any atom is -0.334 e. The van der Waals surface area contributed by atoms with Crippen molar-refractivity contribution in [1.29, 1.82) is 0 Å². The third kappa shape index (κ3) is 4.87. The summed E-state index contributed by atoms with van der Waals surface area (Å²) in [5.41, 5.74) is 0. The van der Waals surface area contributed by atoms with Crippen LogP contribution in [0.5, 0.6) is 0 Å². The number of likely N-dealkylation sites (tertiary alicyclic amines) is 1. The van der Waals surface area contributed by atoms with Crippen molar-refractivity contribution in [3.05, 3.63) is 12.7 Å². The molecule has 1 aliphatic heterocycles. The number of nitrogens with zero attached hydrogens (tertiary/aromatic N) is 1. The van der Waals surface area contributed by atoms with Crippen molar-refractivity contribution in [2.24, 2.45) is 0 Å². The van der Waals surface area contributed by atoms with Crippen LogP contribution in [0.2, 0.25) is 0 Å².